The van der Waals surface area contributed by atoms with Crippen LogP contribution in [0.5, 0.6) is 0 Å². The molecule has 12 aromatic rings. The first kappa shape index (κ1) is 39.7. The summed E-state index contributed by atoms with van der Waals surface area (Å²) in [6.45, 7) is 0. The molecule has 0 saturated heterocycles. The predicted octanol–water partition coefficient (Wildman–Crippen LogP) is 16.9. The molecule has 0 fully saturated rings. The van der Waals surface area contributed by atoms with Gasteiger partial charge in [0.05, 0.1) is 16.6 Å². The maximum atomic E-state index is 5.55. The summed E-state index contributed by atoms with van der Waals surface area (Å²) in [4.78, 5) is 11.1. The van der Waals surface area contributed by atoms with Crippen molar-refractivity contribution in [3.63, 3.8) is 0 Å². The molecule has 3 nitrogen and oxygen atoms in total. The van der Waals surface area contributed by atoms with Crippen molar-refractivity contribution in [2.24, 2.45) is 0 Å². The van der Waals surface area contributed by atoms with Crippen LogP contribution in [0.15, 0.2) is 261 Å². The number of hydrogen-bond acceptors (Lipinski definition) is 2. The molecule has 12 rings (SSSR count). The summed E-state index contributed by atoms with van der Waals surface area (Å²) in [5.41, 5.74) is 19.7. The van der Waals surface area contributed by atoms with Gasteiger partial charge in [-0.3, -0.25) is 4.57 Å². The minimum Gasteiger partial charge on any atom is -0.294 e. The minimum absolute atomic E-state index is 0.664. The molecular weight excluding hydrogens is 811 g/mol. The predicted molar refractivity (Wildman–Crippen MR) is 280 cm³/mol. The van der Waals surface area contributed by atoms with Crippen LogP contribution in [-0.4, -0.2) is 14.5 Å². The highest BCUT2D eigenvalue weighted by atomic mass is 15.1. The van der Waals surface area contributed by atoms with E-state index in [4.69, 9.17) is 9.97 Å². The van der Waals surface area contributed by atoms with Crippen molar-refractivity contribution >= 4 is 21.9 Å². The second-order valence-corrected chi connectivity index (χ2v) is 17.0. The molecule has 67 heavy (non-hydrogen) atoms. The lowest BCUT2D eigenvalue weighted by Crippen LogP contribution is -1.99. The summed E-state index contributed by atoms with van der Waals surface area (Å²) >= 11 is 0. The number of fused-ring (bicyclic) bond motifs is 3. The van der Waals surface area contributed by atoms with Gasteiger partial charge >= 0.3 is 0 Å². The van der Waals surface area contributed by atoms with Crippen molar-refractivity contribution in [3.05, 3.63) is 261 Å². The molecule has 0 aliphatic rings. The van der Waals surface area contributed by atoms with E-state index < -0.39 is 0 Å². The summed E-state index contributed by atoms with van der Waals surface area (Å²) in [5, 5.41) is 2.14. The Labute approximate surface area is 390 Å². The summed E-state index contributed by atoms with van der Waals surface area (Å²) in [5.74, 6) is 0.664. The summed E-state index contributed by atoms with van der Waals surface area (Å²) in [6.07, 6.45) is 0. The number of hydrogen-bond donors (Lipinski definition) is 0. The summed E-state index contributed by atoms with van der Waals surface area (Å²) in [7, 11) is 0. The van der Waals surface area contributed by atoms with E-state index in [2.05, 4.69) is 265 Å². The lowest BCUT2D eigenvalue weighted by Gasteiger charge is -2.15. The van der Waals surface area contributed by atoms with Gasteiger partial charge in [-0.25, -0.2) is 9.97 Å². The highest BCUT2D eigenvalue weighted by Gasteiger charge is 2.22. The zero-order chi connectivity index (χ0) is 44.5. The van der Waals surface area contributed by atoms with Gasteiger partial charge < -0.3 is 0 Å². The Morgan fingerprint density at radius 3 is 1.12 bits per heavy atom. The Morgan fingerprint density at radius 1 is 0.254 bits per heavy atom. The molecule has 0 aliphatic carbocycles. The highest BCUT2D eigenvalue weighted by molar-refractivity contribution is 6.14. The van der Waals surface area contributed by atoms with E-state index in [9.17, 15) is 0 Å². The van der Waals surface area contributed by atoms with Gasteiger partial charge in [-0.15, -0.1) is 0 Å². The molecule has 2 heterocycles. The lowest BCUT2D eigenvalue weighted by atomic mass is 9.89. The molecule has 10 aromatic carbocycles. The Balaban J connectivity index is 1.06. The van der Waals surface area contributed by atoms with Crippen molar-refractivity contribution in [3.8, 4) is 95.1 Å². The Hall–Kier alpha value is -8.92. The molecule has 0 amide bonds. The van der Waals surface area contributed by atoms with Gasteiger partial charge in [-0.1, -0.05) is 194 Å². The van der Waals surface area contributed by atoms with Crippen molar-refractivity contribution in [2.75, 3.05) is 0 Å². The number of nitrogens with zero attached hydrogens (tertiary/aromatic N) is 3. The van der Waals surface area contributed by atoms with Gasteiger partial charge in [0.15, 0.2) is 5.82 Å². The van der Waals surface area contributed by atoms with Gasteiger partial charge in [0.25, 0.3) is 0 Å². The molecule has 0 N–H and O–H groups in total. The molecule has 0 spiro atoms. The number of benzene rings is 10. The Bertz CT molecular complexity index is 3650. The molecule has 0 bridgehead atoms. The van der Waals surface area contributed by atoms with Crippen LogP contribution in [0.3, 0.4) is 0 Å². The molecular formula is C64H43N3. The van der Waals surface area contributed by atoms with E-state index in [0.29, 0.717) is 5.82 Å². The maximum absolute atomic E-state index is 5.55. The van der Waals surface area contributed by atoms with Crippen molar-refractivity contribution in [2.45, 2.75) is 0 Å². The number of rotatable bonds is 9. The van der Waals surface area contributed by atoms with Crippen LogP contribution in [0, 0.1) is 0 Å². The average molecular weight is 854 g/mol. The summed E-state index contributed by atoms with van der Waals surface area (Å²) in [6, 6.07) is 93.2. The largest absolute Gasteiger partial charge is 0.294 e. The van der Waals surface area contributed by atoms with Crippen LogP contribution in [0.25, 0.3) is 117 Å². The molecule has 2 aromatic heterocycles. The fourth-order valence-electron chi connectivity index (χ4n) is 9.49. The number of para-hydroxylation sites is 2. The molecule has 0 aliphatic heterocycles. The SMILES string of the molecule is c1ccc(-c2cc(-c3ccccc3)cc(-c3cc(-c4ccccc4)cc(-c4cccc(-c5nc(-c6cccc(-c7ccccc7)c6)c6c7ccccc7n(-c7ccccc7)c6n5)c4)c3)c2)cc1. The Morgan fingerprint density at radius 2 is 0.597 bits per heavy atom. The van der Waals surface area contributed by atoms with E-state index in [0.717, 1.165) is 89.0 Å². The van der Waals surface area contributed by atoms with Crippen LogP contribution in [0.2, 0.25) is 0 Å². The molecule has 0 radical (unpaired) electrons. The molecule has 314 valence electrons. The third-order valence-corrected chi connectivity index (χ3v) is 12.7. The van der Waals surface area contributed by atoms with E-state index in [-0.39, 0.29) is 0 Å². The Kier molecular flexibility index (Phi) is 10.2. The van der Waals surface area contributed by atoms with Gasteiger partial charge in [-0.05, 0) is 133 Å². The van der Waals surface area contributed by atoms with E-state index in [1.165, 1.54) is 22.3 Å². The first-order valence-electron chi connectivity index (χ1n) is 22.8. The first-order chi connectivity index (χ1) is 33.2. The van der Waals surface area contributed by atoms with E-state index in [1.54, 1.807) is 0 Å². The van der Waals surface area contributed by atoms with Crippen LogP contribution < -0.4 is 0 Å². The quantitative estimate of drug-likeness (QED) is 0.145. The van der Waals surface area contributed by atoms with Crippen LogP contribution >= 0.6 is 0 Å². The van der Waals surface area contributed by atoms with E-state index >= 15 is 0 Å². The van der Waals surface area contributed by atoms with Gasteiger partial charge in [0.2, 0.25) is 0 Å². The maximum Gasteiger partial charge on any atom is 0.162 e. The minimum atomic E-state index is 0.664. The topological polar surface area (TPSA) is 30.7 Å². The zero-order valence-corrected chi connectivity index (χ0v) is 36.7. The third kappa shape index (κ3) is 7.69. The first-order valence-corrected chi connectivity index (χ1v) is 22.8. The fourth-order valence-corrected chi connectivity index (χ4v) is 9.49. The average Bonchev–Trinajstić information content (AvgIpc) is 3.76. The standard InChI is InChI=1S/C64H43N3/c1-6-20-44(21-7-1)48-28-18-30-50(36-48)62-61-59-34-16-17-35-60(59)67(58-32-14-5-15-33-58)64(61)66-63(65-62)51-31-19-29-49(37-51)55-39-54(47-26-12-4-13-27-47)42-57(43-55)56-40-52(45-22-8-2-9-23-45)38-53(41-56)46-24-10-3-11-25-46/h1-43H. The molecule has 0 atom stereocenters. The molecule has 3 heteroatoms. The normalized spacial score (nSPS) is 11.3. The van der Waals surface area contributed by atoms with E-state index in [1.807, 2.05) is 0 Å². The zero-order valence-electron chi connectivity index (χ0n) is 36.7. The summed E-state index contributed by atoms with van der Waals surface area (Å²) < 4.78 is 2.28. The number of aromatic nitrogens is 3. The van der Waals surface area contributed by atoms with Crippen molar-refractivity contribution in [1.29, 1.82) is 0 Å². The van der Waals surface area contributed by atoms with Gasteiger partial charge in [0, 0.05) is 22.2 Å². The smallest absolute Gasteiger partial charge is 0.162 e. The second kappa shape index (κ2) is 17.2. The monoisotopic (exact) mass is 853 g/mol. The highest BCUT2D eigenvalue weighted by Crippen LogP contribution is 2.41. The molecule has 0 saturated carbocycles. The lowest BCUT2D eigenvalue weighted by molar-refractivity contribution is 1.11. The van der Waals surface area contributed by atoms with Gasteiger partial charge in [-0.2, -0.15) is 0 Å². The molecule has 0 unspecified atom stereocenters. The van der Waals surface area contributed by atoms with Gasteiger partial charge in [0.1, 0.15) is 5.65 Å². The van der Waals surface area contributed by atoms with Crippen molar-refractivity contribution in [1.82, 2.24) is 14.5 Å². The third-order valence-electron chi connectivity index (χ3n) is 12.7. The fraction of sp³-hybridized carbons (Fsp3) is 0. The van der Waals surface area contributed by atoms with Crippen LogP contribution in [0.1, 0.15) is 0 Å². The van der Waals surface area contributed by atoms with Crippen molar-refractivity contribution < 1.29 is 0 Å². The second-order valence-electron chi connectivity index (χ2n) is 17.0. The van der Waals surface area contributed by atoms with Crippen LogP contribution in [0.4, 0.5) is 0 Å². The van der Waals surface area contributed by atoms with Crippen LogP contribution in [-0.2, 0) is 0 Å².